The molecule has 0 aliphatic heterocycles. The van der Waals surface area contributed by atoms with Crippen LogP contribution in [-0.4, -0.2) is 43.3 Å². The number of ether oxygens (including phenoxy) is 1. The average Bonchev–Trinajstić information content (AvgIpc) is 3.19. The van der Waals surface area contributed by atoms with Crippen LogP contribution < -0.4 is 0 Å². The summed E-state index contributed by atoms with van der Waals surface area (Å²) in [5.74, 6) is 1.25. The maximum Gasteiger partial charge on any atom is 0.191 e. The fourth-order valence-corrected chi connectivity index (χ4v) is 4.59. The molecular weight excluding hydrogens is 396 g/mol. The van der Waals surface area contributed by atoms with Crippen LogP contribution in [0.3, 0.4) is 0 Å². The summed E-state index contributed by atoms with van der Waals surface area (Å²) in [5.41, 5.74) is 3.57. The molecule has 0 spiro atoms. The number of aryl methyl sites for hydroxylation is 1. The Morgan fingerprint density at radius 2 is 2.07 bits per heavy atom. The van der Waals surface area contributed by atoms with Crippen LogP contribution in [0, 0.1) is 0 Å². The molecule has 6 nitrogen and oxygen atoms in total. The van der Waals surface area contributed by atoms with Crippen LogP contribution in [0.25, 0.3) is 11.4 Å². The van der Waals surface area contributed by atoms with Gasteiger partial charge in [0.25, 0.3) is 0 Å². The molecule has 1 aliphatic carbocycles. The minimum absolute atomic E-state index is 0.0670. The first-order valence-corrected chi connectivity index (χ1v) is 11.2. The molecule has 0 bridgehead atoms. The van der Waals surface area contributed by atoms with Gasteiger partial charge in [-0.25, -0.2) is 0 Å². The van der Waals surface area contributed by atoms with Crippen molar-refractivity contribution in [1.82, 2.24) is 19.7 Å². The highest BCUT2D eigenvalue weighted by Crippen LogP contribution is 2.32. The van der Waals surface area contributed by atoms with E-state index in [-0.39, 0.29) is 6.10 Å². The monoisotopic (exact) mass is 422 g/mol. The van der Waals surface area contributed by atoms with Crippen LogP contribution in [0.1, 0.15) is 30.1 Å². The Morgan fingerprint density at radius 1 is 1.23 bits per heavy atom. The predicted molar refractivity (Wildman–Crippen MR) is 118 cm³/mol. The largest absolute Gasteiger partial charge is 0.390 e. The average molecular weight is 423 g/mol. The molecule has 4 rings (SSSR count). The second kappa shape index (κ2) is 10.0. The molecule has 3 aromatic rings. The van der Waals surface area contributed by atoms with Crippen molar-refractivity contribution in [2.45, 2.75) is 43.2 Å². The number of fused-ring (bicyclic) bond motifs is 1. The number of nitrogens with zero attached hydrogens (tertiary/aromatic N) is 4. The zero-order valence-electron chi connectivity index (χ0n) is 16.9. The summed E-state index contributed by atoms with van der Waals surface area (Å²) in [6.07, 6.45) is 8.00. The van der Waals surface area contributed by atoms with Crippen LogP contribution in [0.15, 0.2) is 66.6 Å². The number of allylic oxidation sites excluding steroid dienone is 1. The van der Waals surface area contributed by atoms with Crippen LogP contribution in [-0.2, 0) is 17.7 Å². The van der Waals surface area contributed by atoms with Crippen molar-refractivity contribution in [3.63, 3.8) is 0 Å². The van der Waals surface area contributed by atoms with E-state index in [0.717, 1.165) is 35.8 Å². The summed E-state index contributed by atoms with van der Waals surface area (Å²) in [7, 11) is 0. The molecule has 2 heterocycles. The molecule has 1 aromatic carbocycles. The number of hydrogen-bond acceptors (Lipinski definition) is 6. The third-order valence-corrected chi connectivity index (χ3v) is 6.29. The molecule has 2 atom stereocenters. The van der Waals surface area contributed by atoms with E-state index in [1.54, 1.807) is 12.4 Å². The molecule has 1 N–H and O–H groups in total. The third kappa shape index (κ3) is 4.80. The van der Waals surface area contributed by atoms with Crippen molar-refractivity contribution >= 4 is 11.8 Å². The summed E-state index contributed by atoms with van der Waals surface area (Å²) in [6, 6.07) is 12.3. The first-order chi connectivity index (χ1) is 14.8. The smallest absolute Gasteiger partial charge is 0.191 e. The number of pyridine rings is 1. The Bertz CT molecular complexity index is 976. The lowest BCUT2D eigenvalue weighted by molar-refractivity contribution is -0.00960. The van der Waals surface area contributed by atoms with E-state index in [1.807, 2.05) is 22.8 Å². The third-order valence-electron chi connectivity index (χ3n) is 5.18. The lowest BCUT2D eigenvalue weighted by Crippen LogP contribution is -2.22. The molecule has 2 aromatic heterocycles. The highest BCUT2D eigenvalue weighted by Gasteiger charge is 2.22. The molecule has 0 fully saturated rings. The number of hydrogen-bond donors (Lipinski definition) is 1. The summed E-state index contributed by atoms with van der Waals surface area (Å²) in [6.45, 7) is 4.74. The topological polar surface area (TPSA) is 73.1 Å². The minimum atomic E-state index is -0.581. The Labute approximate surface area is 181 Å². The van der Waals surface area contributed by atoms with Crippen molar-refractivity contribution < 1.29 is 9.84 Å². The fraction of sp³-hybridized carbons (Fsp3) is 0.348. The maximum absolute atomic E-state index is 10.5. The number of rotatable bonds is 9. The van der Waals surface area contributed by atoms with Gasteiger partial charge >= 0.3 is 0 Å². The van der Waals surface area contributed by atoms with Crippen LogP contribution in [0.5, 0.6) is 0 Å². The standard InChI is InChI=1S/C23H26N4O2S/c1-2-14-27-22(18-10-12-24-13-11-18)25-26-23(27)30-16-19(28)15-29-21-9-5-7-17-6-3-4-8-20(17)21/h2-4,6,8,10-13,19,21,28H,1,5,7,9,14-16H2/t19-,21+/m0/s1. The number of aliphatic hydroxyl groups is 1. The Balaban J connectivity index is 1.36. The van der Waals surface area contributed by atoms with Gasteiger partial charge in [-0.3, -0.25) is 9.55 Å². The van der Waals surface area contributed by atoms with E-state index < -0.39 is 6.10 Å². The molecular formula is C23H26N4O2S. The van der Waals surface area contributed by atoms with Gasteiger partial charge in [-0.15, -0.1) is 16.8 Å². The molecule has 0 radical (unpaired) electrons. The molecule has 0 amide bonds. The van der Waals surface area contributed by atoms with E-state index in [0.29, 0.717) is 18.9 Å². The van der Waals surface area contributed by atoms with Gasteiger partial charge in [0.2, 0.25) is 0 Å². The fourth-order valence-electron chi connectivity index (χ4n) is 3.73. The first kappa shape index (κ1) is 20.8. The van der Waals surface area contributed by atoms with Crippen molar-refractivity contribution in [2.75, 3.05) is 12.4 Å². The summed E-state index contributed by atoms with van der Waals surface area (Å²) < 4.78 is 8.08. The predicted octanol–water partition coefficient (Wildman–Crippen LogP) is 4.07. The van der Waals surface area contributed by atoms with E-state index in [2.05, 4.69) is 46.0 Å². The van der Waals surface area contributed by atoms with Crippen LogP contribution in [0.2, 0.25) is 0 Å². The van der Waals surface area contributed by atoms with E-state index in [1.165, 1.54) is 22.9 Å². The zero-order valence-corrected chi connectivity index (χ0v) is 17.7. The normalized spacial score (nSPS) is 16.8. The van der Waals surface area contributed by atoms with Gasteiger partial charge < -0.3 is 9.84 Å². The molecule has 7 heteroatoms. The summed E-state index contributed by atoms with van der Waals surface area (Å²) in [5, 5.41) is 19.9. The summed E-state index contributed by atoms with van der Waals surface area (Å²) >= 11 is 1.48. The van der Waals surface area contributed by atoms with Gasteiger partial charge in [0.05, 0.1) is 18.8 Å². The number of benzene rings is 1. The number of aliphatic hydroxyl groups excluding tert-OH is 1. The number of thioether (sulfide) groups is 1. The second-order valence-corrected chi connectivity index (χ2v) is 8.31. The SMILES string of the molecule is C=CCn1c(SC[C@@H](O)CO[C@@H]2CCCc3ccccc32)nnc1-c1ccncc1. The van der Waals surface area contributed by atoms with E-state index in [4.69, 9.17) is 4.74 Å². The molecule has 0 unspecified atom stereocenters. The Morgan fingerprint density at radius 3 is 2.90 bits per heavy atom. The maximum atomic E-state index is 10.5. The first-order valence-electron chi connectivity index (χ1n) is 10.2. The lowest BCUT2D eigenvalue weighted by Gasteiger charge is -2.26. The van der Waals surface area contributed by atoms with Crippen molar-refractivity contribution in [1.29, 1.82) is 0 Å². The van der Waals surface area contributed by atoms with Crippen LogP contribution >= 0.6 is 11.8 Å². The van der Waals surface area contributed by atoms with Gasteiger partial charge in [-0.05, 0) is 42.5 Å². The molecule has 30 heavy (non-hydrogen) atoms. The Hall–Kier alpha value is -2.48. The molecule has 156 valence electrons. The van der Waals surface area contributed by atoms with Crippen molar-refractivity contribution in [3.05, 3.63) is 72.6 Å². The van der Waals surface area contributed by atoms with Crippen molar-refractivity contribution in [3.8, 4) is 11.4 Å². The van der Waals surface area contributed by atoms with Crippen LogP contribution in [0.4, 0.5) is 0 Å². The highest BCUT2D eigenvalue weighted by atomic mass is 32.2. The lowest BCUT2D eigenvalue weighted by atomic mass is 9.89. The zero-order chi connectivity index (χ0) is 20.8. The van der Waals surface area contributed by atoms with E-state index in [9.17, 15) is 5.11 Å². The van der Waals surface area contributed by atoms with E-state index >= 15 is 0 Å². The minimum Gasteiger partial charge on any atom is -0.390 e. The molecule has 0 saturated heterocycles. The molecule has 1 aliphatic rings. The van der Waals surface area contributed by atoms with Gasteiger partial charge in [0.1, 0.15) is 0 Å². The molecule has 0 saturated carbocycles. The second-order valence-electron chi connectivity index (χ2n) is 7.32. The van der Waals surface area contributed by atoms with Gasteiger partial charge in [0, 0.05) is 30.3 Å². The quantitative estimate of drug-likeness (QED) is 0.414. The van der Waals surface area contributed by atoms with Crippen molar-refractivity contribution in [2.24, 2.45) is 0 Å². The Kier molecular flexibility index (Phi) is 6.94. The highest BCUT2D eigenvalue weighted by molar-refractivity contribution is 7.99. The number of aromatic nitrogens is 4. The van der Waals surface area contributed by atoms with Gasteiger partial charge in [-0.2, -0.15) is 0 Å². The van der Waals surface area contributed by atoms with Gasteiger partial charge in [-0.1, -0.05) is 42.1 Å². The van der Waals surface area contributed by atoms with Gasteiger partial charge in [0.15, 0.2) is 11.0 Å². The summed E-state index contributed by atoms with van der Waals surface area (Å²) in [4.78, 5) is 4.06.